The maximum Gasteiger partial charge on any atom is 0.227 e. The number of hydrogen-bond acceptors (Lipinski definition) is 2. The van der Waals surface area contributed by atoms with Crippen molar-refractivity contribution in [2.45, 2.75) is 46.1 Å². The number of benzene rings is 1. The molecule has 1 aromatic rings. The van der Waals surface area contributed by atoms with Crippen molar-refractivity contribution in [3.63, 3.8) is 0 Å². The minimum Gasteiger partial charge on any atom is -0.351 e. The molecule has 0 atom stereocenters. The number of carbonyl (C=O) groups is 1. The van der Waals surface area contributed by atoms with Gasteiger partial charge in [0, 0.05) is 13.1 Å². The smallest absolute Gasteiger partial charge is 0.227 e. The number of nitrogens with two attached hydrogens (primary N) is 1. The lowest BCUT2D eigenvalue weighted by Crippen LogP contribution is -2.36. The van der Waals surface area contributed by atoms with Gasteiger partial charge >= 0.3 is 0 Å². The van der Waals surface area contributed by atoms with Gasteiger partial charge in [-0.3, -0.25) is 4.79 Å². The summed E-state index contributed by atoms with van der Waals surface area (Å²) in [6.45, 7) is 7.51. The van der Waals surface area contributed by atoms with Crippen molar-refractivity contribution in [1.82, 2.24) is 5.32 Å². The van der Waals surface area contributed by atoms with Crippen LogP contribution in [-0.4, -0.2) is 12.5 Å². The van der Waals surface area contributed by atoms with Crippen LogP contribution >= 0.6 is 0 Å². The Labute approximate surface area is 115 Å². The molecule has 1 amide bonds. The van der Waals surface area contributed by atoms with E-state index in [0.717, 1.165) is 12.8 Å². The summed E-state index contributed by atoms with van der Waals surface area (Å²) in [6, 6.07) is 6.49. The zero-order valence-electron chi connectivity index (χ0n) is 12.1. The fraction of sp³-hybridized carbons (Fsp3) is 0.562. The molecule has 19 heavy (non-hydrogen) atoms. The van der Waals surface area contributed by atoms with E-state index in [2.05, 4.69) is 44.3 Å². The summed E-state index contributed by atoms with van der Waals surface area (Å²) in [7, 11) is 0. The van der Waals surface area contributed by atoms with Gasteiger partial charge in [0.25, 0.3) is 0 Å². The molecule has 104 valence electrons. The molecular weight excluding hydrogens is 236 g/mol. The third-order valence-electron chi connectivity index (χ3n) is 4.21. The van der Waals surface area contributed by atoms with Crippen LogP contribution in [0.2, 0.25) is 0 Å². The van der Waals surface area contributed by atoms with Gasteiger partial charge in [-0.1, -0.05) is 32.0 Å². The van der Waals surface area contributed by atoms with Crippen LogP contribution < -0.4 is 11.1 Å². The second-order valence-electron chi connectivity index (χ2n) is 6.01. The Balaban J connectivity index is 2.03. The van der Waals surface area contributed by atoms with Crippen molar-refractivity contribution < 1.29 is 4.79 Å². The molecule has 0 bridgehead atoms. The summed E-state index contributed by atoms with van der Waals surface area (Å²) < 4.78 is 0. The van der Waals surface area contributed by atoms with E-state index in [4.69, 9.17) is 5.73 Å². The maximum absolute atomic E-state index is 12.1. The van der Waals surface area contributed by atoms with Gasteiger partial charge in [-0.15, -0.1) is 0 Å². The highest BCUT2D eigenvalue weighted by Crippen LogP contribution is 2.44. The molecule has 1 saturated carbocycles. The largest absolute Gasteiger partial charge is 0.351 e. The summed E-state index contributed by atoms with van der Waals surface area (Å²) in [6.07, 6.45) is 1.86. The van der Waals surface area contributed by atoms with Crippen LogP contribution in [0.5, 0.6) is 0 Å². The Bertz CT molecular complexity index is 476. The first-order valence-electron chi connectivity index (χ1n) is 7.06. The molecule has 3 heteroatoms. The van der Waals surface area contributed by atoms with Gasteiger partial charge in [0.1, 0.15) is 0 Å². The second kappa shape index (κ2) is 5.33. The number of nitrogens with one attached hydrogen (secondary N) is 1. The maximum atomic E-state index is 12.1. The van der Waals surface area contributed by atoms with E-state index in [1.54, 1.807) is 0 Å². The summed E-state index contributed by atoms with van der Waals surface area (Å²) in [4.78, 5) is 12.1. The predicted octanol–water partition coefficient (Wildman–Crippen LogP) is 2.47. The van der Waals surface area contributed by atoms with Crippen molar-refractivity contribution in [1.29, 1.82) is 0 Å². The monoisotopic (exact) mass is 260 g/mol. The third kappa shape index (κ3) is 2.98. The molecule has 0 aliphatic heterocycles. The van der Waals surface area contributed by atoms with Crippen LogP contribution in [0.3, 0.4) is 0 Å². The molecule has 0 spiro atoms. The molecule has 0 saturated heterocycles. The molecule has 0 aromatic heterocycles. The first-order valence-corrected chi connectivity index (χ1v) is 7.06. The lowest BCUT2D eigenvalue weighted by atomic mass is 9.97. The number of carbonyl (C=O) groups excluding carboxylic acids is 1. The SMILES string of the molecule is Cc1ccc(C(C)C)cc1CNC(=O)C1(CN)CC1. The van der Waals surface area contributed by atoms with E-state index in [-0.39, 0.29) is 11.3 Å². The Morgan fingerprint density at radius 2 is 2.11 bits per heavy atom. The van der Waals surface area contributed by atoms with Gasteiger partial charge in [-0.25, -0.2) is 0 Å². The number of aryl methyl sites for hydroxylation is 1. The van der Waals surface area contributed by atoms with Gasteiger partial charge in [0.15, 0.2) is 0 Å². The third-order valence-corrected chi connectivity index (χ3v) is 4.21. The summed E-state index contributed by atoms with van der Waals surface area (Å²) in [5, 5.41) is 3.04. The van der Waals surface area contributed by atoms with Crippen LogP contribution in [0.15, 0.2) is 18.2 Å². The highest BCUT2D eigenvalue weighted by Gasteiger charge is 2.48. The highest BCUT2D eigenvalue weighted by atomic mass is 16.2. The predicted molar refractivity (Wildman–Crippen MR) is 77.8 cm³/mol. The topological polar surface area (TPSA) is 55.1 Å². The van der Waals surface area contributed by atoms with Crippen molar-refractivity contribution >= 4 is 5.91 Å². The number of amides is 1. The van der Waals surface area contributed by atoms with E-state index in [0.29, 0.717) is 19.0 Å². The Kier molecular flexibility index (Phi) is 3.95. The van der Waals surface area contributed by atoms with Crippen molar-refractivity contribution in [3.05, 3.63) is 34.9 Å². The molecule has 1 fully saturated rings. The standard InChI is InChI=1S/C16H24N2O/c1-11(2)13-5-4-12(3)14(8-13)9-18-15(19)16(10-17)6-7-16/h4-5,8,11H,6-7,9-10,17H2,1-3H3,(H,18,19). The van der Waals surface area contributed by atoms with Crippen LogP contribution in [0.25, 0.3) is 0 Å². The average molecular weight is 260 g/mol. The molecule has 0 radical (unpaired) electrons. The zero-order valence-corrected chi connectivity index (χ0v) is 12.1. The molecule has 1 aliphatic carbocycles. The van der Waals surface area contributed by atoms with Crippen LogP contribution in [0.1, 0.15) is 49.3 Å². The fourth-order valence-electron chi connectivity index (χ4n) is 2.28. The van der Waals surface area contributed by atoms with E-state index in [1.807, 2.05) is 0 Å². The number of rotatable bonds is 5. The van der Waals surface area contributed by atoms with E-state index in [9.17, 15) is 4.79 Å². The highest BCUT2D eigenvalue weighted by molar-refractivity contribution is 5.85. The molecule has 2 rings (SSSR count). The normalized spacial score (nSPS) is 16.5. The average Bonchev–Trinajstić information content (AvgIpc) is 3.18. The molecule has 3 N–H and O–H groups in total. The van der Waals surface area contributed by atoms with Crippen LogP contribution in [0.4, 0.5) is 0 Å². The molecule has 1 aliphatic rings. The first-order chi connectivity index (χ1) is 8.98. The van der Waals surface area contributed by atoms with E-state index < -0.39 is 0 Å². The first kappa shape index (κ1) is 14.1. The minimum atomic E-state index is -0.260. The van der Waals surface area contributed by atoms with E-state index in [1.165, 1.54) is 16.7 Å². The summed E-state index contributed by atoms with van der Waals surface area (Å²) >= 11 is 0. The Morgan fingerprint density at radius 3 is 2.63 bits per heavy atom. The van der Waals surface area contributed by atoms with Gasteiger partial charge in [-0.2, -0.15) is 0 Å². The number of hydrogen-bond donors (Lipinski definition) is 2. The van der Waals surface area contributed by atoms with Gasteiger partial charge < -0.3 is 11.1 Å². The van der Waals surface area contributed by atoms with Crippen LogP contribution in [0, 0.1) is 12.3 Å². The molecule has 1 aromatic carbocycles. The quantitative estimate of drug-likeness (QED) is 0.854. The minimum absolute atomic E-state index is 0.115. The molecular formula is C16H24N2O. The zero-order chi connectivity index (χ0) is 14.0. The van der Waals surface area contributed by atoms with Crippen molar-refractivity contribution in [2.75, 3.05) is 6.54 Å². The lowest BCUT2D eigenvalue weighted by molar-refractivity contribution is -0.126. The molecule has 3 nitrogen and oxygen atoms in total. The van der Waals surface area contributed by atoms with Gasteiger partial charge in [-0.05, 0) is 42.4 Å². The lowest BCUT2D eigenvalue weighted by Gasteiger charge is -2.15. The van der Waals surface area contributed by atoms with E-state index >= 15 is 0 Å². The Morgan fingerprint density at radius 1 is 1.42 bits per heavy atom. The van der Waals surface area contributed by atoms with Crippen molar-refractivity contribution in [2.24, 2.45) is 11.1 Å². The summed E-state index contributed by atoms with van der Waals surface area (Å²) in [5.41, 5.74) is 9.15. The molecule has 0 unspecified atom stereocenters. The van der Waals surface area contributed by atoms with Crippen molar-refractivity contribution in [3.8, 4) is 0 Å². The Hall–Kier alpha value is -1.35. The van der Waals surface area contributed by atoms with Crippen LogP contribution in [-0.2, 0) is 11.3 Å². The summed E-state index contributed by atoms with van der Waals surface area (Å²) in [5.74, 6) is 0.623. The van der Waals surface area contributed by atoms with Gasteiger partial charge in [0.2, 0.25) is 5.91 Å². The fourth-order valence-corrected chi connectivity index (χ4v) is 2.28. The van der Waals surface area contributed by atoms with Gasteiger partial charge in [0.05, 0.1) is 5.41 Å². The molecule has 0 heterocycles. The second-order valence-corrected chi connectivity index (χ2v) is 6.01.